The lowest BCUT2D eigenvalue weighted by molar-refractivity contribution is -0.140. The zero-order chi connectivity index (χ0) is 31.0. The number of hydrogen-bond acceptors (Lipinski definition) is 4. The predicted octanol–water partition coefficient (Wildman–Crippen LogP) is 7.28. The lowest BCUT2D eigenvalue weighted by Crippen LogP contribution is -2.53. The van der Waals surface area contributed by atoms with Crippen LogP contribution < -0.4 is 9.62 Å². The van der Waals surface area contributed by atoms with E-state index in [1.54, 1.807) is 18.2 Å². The van der Waals surface area contributed by atoms with Gasteiger partial charge in [0.2, 0.25) is 21.8 Å². The number of sulfonamides is 1. The van der Waals surface area contributed by atoms with Gasteiger partial charge >= 0.3 is 0 Å². The fourth-order valence-corrected chi connectivity index (χ4v) is 6.06. The first-order valence-corrected chi connectivity index (χ1v) is 16.7. The molecule has 13 heteroatoms. The van der Waals surface area contributed by atoms with Gasteiger partial charge in [-0.25, -0.2) is 8.42 Å². The second kappa shape index (κ2) is 15.5. The topological polar surface area (TPSA) is 86.8 Å². The van der Waals surface area contributed by atoms with Gasteiger partial charge in [-0.15, -0.1) is 0 Å². The fourth-order valence-electron chi connectivity index (χ4n) is 4.19. The Morgan fingerprint density at radius 3 is 2.10 bits per heavy atom. The molecule has 0 aliphatic rings. The Morgan fingerprint density at radius 2 is 1.48 bits per heavy atom. The first kappa shape index (κ1) is 34.3. The summed E-state index contributed by atoms with van der Waals surface area (Å²) in [5.41, 5.74) is 1.38. The van der Waals surface area contributed by atoms with E-state index >= 15 is 0 Å². The average molecular weight is 694 g/mol. The molecule has 0 aromatic heterocycles. The summed E-state index contributed by atoms with van der Waals surface area (Å²) >= 11 is 31.0. The highest BCUT2D eigenvalue weighted by Gasteiger charge is 2.33. The number of unbranched alkanes of at least 4 members (excludes halogenated alkanes) is 1. The number of rotatable bonds is 13. The third kappa shape index (κ3) is 9.40. The van der Waals surface area contributed by atoms with Crippen LogP contribution in [0.5, 0.6) is 0 Å². The molecule has 0 heterocycles. The first-order chi connectivity index (χ1) is 19.8. The van der Waals surface area contributed by atoms with E-state index in [4.69, 9.17) is 58.0 Å². The second-order valence-corrected chi connectivity index (χ2v) is 13.6. The Hall–Kier alpha value is -2.20. The number of amides is 2. The molecular formula is C29H30Cl5N3O4S. The van der Waals surface area contributed by atoms with Gasteiger partial charge in [-0.1, -0.05) is 108 Å². The highest BCUT2D eigenvalue weighted by Crippen LogP contribution is 2.36. The fraction of sp³-hybridized carbons (Fsp3) is 0.310. The summed E-state index contributed by atoms with van der Waals surface area (Å²) in [6, 6.07) is 15.7. The van der Waals surface area contributed by atoms with Gasteiger partial charge < -0.3 is 10.2 Å². The minimum absolute atomic E-state index is 0.0168. The number of carbonyl (C=O) groups is 2. The smallest absolute Gasteiger partial charge is 0.244 e. The molecule has 0 aliphatic carbocycles. The maximum Gasteiger partial charge on any atom is 0.244 e. The lowest BCUT2D eigenvalue weighted by Gasteiger charge is -2.33. The molecule has 0 unspecified atom stereocenters. The van der Waals surface area contributed by atoms with Crippen LogP contribution >= 0.6 is 58.0 Å². The van der Waals surface area contributed by atoms with E-state index in [0.717, 1.165) is 29.0 Å². The Bertz CT molecular complexity index is 1520. The molecule has 0 bridgehead atoms. The van der Waals surface area contributed by atoms with Crippen LogP contribution in [-0.2, 0) is 32.6 Å². The van der Waals surface area contributed by atoms with Gasteiger partial charge in [-0.3, -0.25) is 13.9 Å². The van der Waals surface area contributed by atoms with Crippen molar-refractivity contribution in [3.05, 3.63) is 96.9 Å². The molecule has 3 aromatic rings. The summed E-state index contributed by atoms with van der Waals surface area (Å²) in [5.74, 6) is -1.03. The van der Waals surface area contributed by atoms with Crippen LogP contribution in [0.2, 0.25) is 25.1 Å². The van der Waals surface area contributed by atoms with Crippen molar-refractivity contribution in [3.8, 4) is 0 Å². The SMILES string of the molecule is CCCCNC(=O)[C@@H](Cc1ccccc1)N(Cc1ccc(Cl)c(Cl)c1)C(=O)CN(c1cc(Cl)c(Cl)cc1Cl)S(C)(=O)=O. The monoisotopic (exact) mass is 691 g/mol. The van der Waals surface area contributed by atoms with Crippen molar-refractivity contribution in [3.63, 3.8) is 0 Å². The normalized spacial score (nSPS) is 12.1. The number of carbonyl (C=O) groups excluding carboxylic acids is 2. The molecule has 7 nitrogen and oxygen atoms in total. The van der Waals surface area contributed by atoms with Gasteiger partial charge in [0.15, 0.2) is 0 Å². The van der Waals surface area contributed by atoms with Gasteiger partial charge in [-0.2, -0.15) is 0 Å². The van der Waals surface area contributed by atoms with Crippen LogP contribution in [0.25, 0.3) is 0 Å². The summed E-state index contributed by atoms with van der Waals surface area (Å²) in [5, 5.41) is 3.68. The summed E-state index contributed by atoms with van der Waals surface area (Å²) in [4.78, 5) is 29.1. The summed E-state index contributed by atoms with van der Waals surface area (Å²) in [7, 11) is -4.05. The van der Waals surface area contributed by atoms with Crippen molar-refractivity contribution in [1.29, 1.82) is 0 Å². The van der Waals surface area contributed by atoms with Gasteiger partial charge in [0.1, 0.15) is 12.6 Å². The highest BCUT2D eigenvalue weighted by atomic mass is 35.5. The zero-order valence-electron chi connectivity index (χ0n) is 22.9. The molecule has 42 heavy (non-hydrogen) atoms. The molecule has 0 fully saturated rings. The van der Waals surface area contributed by atoms with Crippen molar-refractivity contribution < 1.29 is 18.0 Å². The molecule has 0 saturated heterocycles. The summed E-state index contributed by atoms with van der Waals surface area (Å²) in [6.07, 6.45) is 2.74. The summed E-state index contributed by atoms with van der Waals surface area (Å²) in [6.45, 7) is 1.71. The van der Waals surface area contributed by atoms with Crippen LogP contribution in [0, 0.1) is 0 Å². The zero-order valence-corrected chi connectivity index (χ0v) is 27.5. The number of hydrogen-bond donors (Lipinski definition) is 1. The Balaban J connectivity index is 2.09. The average Bonchev–Trinajstić information content (AvgIpc) is 2.93. The van der Waals surface area contributed by atoms with Gasteiger partial charge in [0, 0.05) is 19.5 Å². The number of nitrogens with one attached hydrogen (secondary N) is 1. The van der Waals surface area contributed by atoms with Crippen LogP contribution in [-0.4, -0.2) is 50.5 Å². The summed E-state index contributed by atoms with van der Waals surface area (Å²) < 4.78 is 26.8. The molecule has 3 rings (SSSR count). The van der Waals surface area contributed by atoms with E-state index < -0.39 is 28.5 Å². The highest BCUT2D eigenvalue weighted by molar-refractivity contribution is 7.92. The van der Waals surface area contributed by atoms with E-state index in [-0.39, 0.29) is 44.7 Å². The number of benzene rings is 3. The Morgan fingerprint density at radius 1 is 0.833 bits per heavy atom. The van der Waals surface area contributed by atoms with Crippen molar-refractivity contribution in [2.24, 2.45) is 0 Å². The van der Waals surface area contributed by atoms with Crippen molar-refractivity contribution in [2.45, 2.75) is 38.8 Å². The molecule has 1 N–H and O–H groups in total. The first-order valence-electron chi connectivity index (χ1n) is 13.0. The molecule has 0 radical (unpaired) electrons. The molecule has 0 saturated carbocycles. The van der Waals surface area contributed by atoms with Crippen LogP contribution in [0.4, 0.5) is 5.69 Å². The lowest BCUT2D eigenvalue weighted by atomic mass is 10.0. The van der Waals surface area contributed by atoms with E-state index in [2.05, 4.69) is 5.32 Å². The molecule has 226 valence electrons. The number of anilines is 1. The van der Waals surface area contributed by atoms with E-state index in [9.17, 15) is 18.0 Å². The maximum atomic E-state index is 14.1. The van der Waals surface area contributed by atoms with Crippen LogP contribution in [0.3, 0.4) is 0 Å². The van der Waals surface area contributed by atoms with Gasteiger partial charge in [-0.05, 0) is 41.8 Å². The largest absolute Gasteiger partial charge is 0.354 e. The Labute approximate surface area is 271 Å². The number of halogens is 5. The predicted molar refractivity (Wildman–Crippen MR) is 173 cm³/mol. The molecule has 0 aliphatic heterocycles. The molecular weight excluding hydrogens is 664 g/mol. The van der Waals surface area contributed by atoms with E-state index in [0.29, 0.717) is 17.1 Å². The molecule has 1 atom stereocenters. The number of nitrogens with zero attached hydrogens (tertiary/aromatic N) is 2. The van der Waals surface area contributed by atoms with Crippen molar-refractivity contribution >= 4 is 85.5 Å². The van der Waals surface area contributed by atoms with Crippen LogP contribution in [0.1, 0.15) is 30.9 Å². The van der Waals surface area contributed by atoms with E-state index in [1.165, 1.54) is 17.0 Å². The van der Waals surface area contributed by atoms with Crippen LogP contribution in [0.15, 0.2) is 60.7 Å². The van der Waals surface area contributed by atoms with Crippen molar-refractivity contribution in [2.75, 3.05) is 23.7 Å². The quantitative estimate of drug-likeness (QED) is 0.151. The Kier molecular flexibility index (Phi) is 12.7. The third-order valence-corrected chi connectivity index (χ3v) is 9.27. The standard InChI is InChI=1S/C29H30Cl5N3O4S/c1-3-4-12-35-29(39)27(14-19-8-6-5-7-9-19)36(17-20-10-11-21(30)22(31)13-20)28(38)18-37(42(2,40)41)26-16-24(33)23(32)15-25(26)34/h5-11,13,15-16,27H,3-4,12,14,17-18H2,1-2H3,(H,35,39)/t27-/m1/s1. The van der Waals surface area contributed by atoms with Gasteiger partial charge in [0.25, 0.3) is 0 Å². The molecule has 0 spiro atoms. The van der Waals surface area contributed by atoms with Gasteiger partial charge in [0.05, 0.1) is 37.1 Å². The molecule has 3 aromatic carbocycles. The maximum absolute atomic E-state index is 14.1. The minimum Gasteiger partial charge on any atom is -0.354 e. The van der Waals surface area contributed by atoms with E-state index in [1.807, 2.05) is 37.3 Å². The molecule has 2 amide bonds. The third-order valence-electron chi connectivity index (χ3n) is 6.38. The second-order valence-electron chi connectivity index (χ2n) is 9.61. The minimum atomic E-state index is -4.05. The van der Waals surface area contributed by atoms with Crippen molar-refractivity contribution in [1.82, 2.24) is 10.2 Å².